The van der Waals surface area contributed by atoms with Crippen molar-refractivity contribution in [1.29, 1.82) is 0 Å². The maximum absolute atomic E-state index is 13.2. The van der Waals surface area contributed by atoms with Crippen LogP contribution in [0, 0.1) is 0 Å². The van der Waals surface area contributed by atoms with Crippen LogP contribution in [0.15, 0.2) is 54.6 Å². The highest BCUT2D eigenvalue weighted by Gasteiger charge is 2.38. The molecular weight excluding hydrogens is 380 g/mol. The largest absolute Gasteiger partial charge is 0.476 e. The number of hydrogen-bond donors (Lipinski definition) is 0. The monoisotopic (exact) mass is 402 g/mol. The minimum Gasteiger partial charge on any atom is -0.476 e. The highest BCUT2D eigenvalue weighted by molar-refractivity contribution is 7.92. The molecule has 1 fully saturated rings. The average molecular weight is 402 g/mol. The van der Waals surface area contributed by atoms with Crippen molar-refractivity contribution in [2.24, 2.45) is 0 Å². The summed E-state index contributed by atoms with van der Waals surface area (Å²) >= 11 is 0. The van der Waals surface area contributed by atoms with Crippen LogP contribution in [0.2, 0.25) is 0 Å². The van der Waals surface area contributed by atoms with Gasteiger partial charge >= 0.3 is 0 Å². The fraction of sp³-hybridized carbons (Fsp3) is 0.350. The second-order valence-corrected chi connectivity index (χ2v) is 8.68. The lowest BCUT2D eigenvalue weighted by Crippen LogP contribution is -2.54. The van der Waals surface area contributed by atoms with Gasteiger partial charge in [0.15, 0.2) is 6.10 Å². The first-order valence-electron chi connectivity index (χ1n) is 9.21. The molecule has 8 heteroatoms. The Balaban J connectivity index is 1.62. The number of morpholine rings is 1. The molecule has 4 rings (SSSR count). The van der Waals surface area contributed by atoms with Gasteiger partial charge in [-0.25, -0.2) is 8.42 Å². The van der Waals surface area contributed by atoms with Gasteiger partial charge in [0.2, 0.25) is 10.0 Å². The first kappa shape index (κ1) is 18.8. The van der Waals surface area contributed by atoms with E-state index in [2.05, 4.69) is 0 Å². The first-order chi connectivity index (χ1) is 13.5. The number of hydrogen-bond acceptors (Lipinski definition) is 5. The lowest BCUT2D eigenvalue weighted by atomic mass is 10.2. The number of rotatable bonds is 4. The summed E-state index contributed by atoms with van der Waals surface area (Å²) in [6, 6.07) is 15.9. The zero-order valence-corrected chi connectivity index (χ0v) is 16.2. The maximum Gasteiger partial charge on any atom is 0.265 e. The van der Waals surface area contributed by atoms with Gasteiger partial charge in [-0.2, -0.15) is 0 Å². The molecule has 148 valence electrons. The fourth-order valence-electron chi connectivity index (χ4n) is 3.44. The molecule has 2 aromatic carbocycles. The molecule has 2 heterocycles. The zero-order chi connectivity index (χ0) is 19.6. The van der Waals surface area contributed by atoms with Gasteiger partial charge in [-0.05, 0) is 17.7 Å². The molecule has 28 heavy (non-hydrogen) atoms. The third kappa shape index (κ3) is 3.83. The Bertz CT molecular complexity index is 942. The van der Waals surface area contributed by atoms with Gasteiger partial charge in [-0.3, -0.25) is 9.10 Å². The van der Waals surface area contributed by atoms with E-state index >= 15 is 0 Å². The molecule has 0 unspecified atom stereocenters. The number of ether oxygens (including phenoxy) is 2. The van der Waals surface area contributed by atoms with Crippen LogP contribution in [-0.4, -0.2) is 58.2 Å². The molecule has 1 atom stereocenters. The van der Waals surface area contributed by atoms with Crippen LogP contribution < -0.4 is 9.04 Å². The molecule has 0 aliphatic carbocycles. The summed E-state index contributed by atoms with van der Waals surface area (Å²) in [5, 5.41) is 0. The summed E-state index contributed by atoms with van der Waals surface area (Å²) in [5.74, 6) is 0.0513. The lowest BCUT2D eigenvalue weighted by Gasteiger charge is -2.37. The smallest absolute Gasteiger partial charge is 0.265 e. The number of para-hydroxylation sites is 2. The van der Waals surface area contributed by atoms with Crippen LogP contribution in [0.3, 0.4) is 0 Å². The summed E-state index contributed by atoms with van der Waals surface area (Å²) in [6.07, 6.45) is -0.876. The van der Waals surface area contributed by atoms with Crippen LogP contribution in [0.25, 0.3) is 0 Å². The molecule has 2 aliphatic heterocycles. The predicted molar refractivity (Wildman–Crippen MR) is 105 cm³/mol. The van der Waals surface area contributed by atoms with E-state index in [0.29, 0.717) is 43.3 Å². The summed E-state index contributed by atoms with van der Waals surface area (Å²) < 4.78 is 38.9. The van der Waals surface area contributed by atoms with Gasteiger partial charge in [0.1, 0.15) is 5.75 Å². The number of carbonyl (C=O) groups excluding carboxylic acids is 1. The fourth-order valence-corrected chi connectivity index (χ4v) is 5.03. The molecule has 2 aliphatic rings. The third-order valence-corrected chi connectivity index (χ3v) is 6.58. The van der Waals surface area contributed by atoms with Crippen molar-refractivity contribution in [3.05, 3.63) is 60.2 Å². The van der Waals surface area contributed by atoms with Gasteiger partial charge in [-0.15, -0.1) is 0 Å². The summed E-state index contributed by atoms with van der Waals surface area (Å²) in [4.78, 5) is 14.6. The topological polar surface area (TPSA) is 76.2 Å². The summed E-state index contributed by atoms with van der Waals surface area (Å²) in [5.41, 5.74) is 1.16. The molecule has 0 saturated carbocycles. The first-order valence-corrected chi connectivity index (χ1v) is 10.8. The van der Waals surface area contributed by atoms with Gasteiger partial charge in [0.25, 0.3) is 5.91 Å². The molecule has 7 nitrogen and oxygen atoms in total. The van der Waals surface area contributed by atoms with Crippen molar-refractivity contribution < 1.29 is 22.7 Å². The van der Waals surface area contributed by atoms with E-state index in [1.54, 1.807) is 41.3 Å². The highest BCUT2D eigenvalue weighted by atomic mass is 32.2. The number of sulfonamides is 1. The molecule has 2 aromatic rings. The van der Waals surface area contributed by atoms with Crippen LogP contribution >= 0.6 is 0 Å². The van der Waals surface area contributed by atoms with Gasteiger partial charge < -0.3 is 14.4 Å². The van der Waals surface area contributed by atoms with E-state index in [0.717, 1.165) is 0 Å². The molecular formula is C20H22N2O5S. The Kier molecular flexibility index (Phi) is 5.23. The number of carbonyl (C=O) groups is 1. The second-order valence-electron chi connectivity index (χ2n) is 6.78. The Morgan fingerprint density at radius 2 is 1.68 bits per heavy atom. The number of fused-ring (bicyclic) bond motifs is 1. The summed E-state index contributed by atoms with van der Waals surface area (Å²) in [7, 11) is -3.69. The Labute approximate surface area is 164 Å². The summed E-state index contributed by atoms with van der Waals surface area (Å²) in [6.45, 7) is 1.88. The van der Waals surface area contributed by atoms with Crippen molar-refractivity contribution in [2.45, 2.75) is 11.9 Å². The van der Waals surface area contributed by atoms with Crippen molar-refractivity contribution in [2.75, 3.05) is 37.2 Å². The van der Waals surface area contributed by atoms with E-state index in [1.807, 2.05) is 18.2 Å². The van der Waals surface area contributed by atoms with Crippen LogP contribution in [0.4, 0.5) is 5.69 Å². The highest BCUT2D eigenvalue weighted by Crippen LogP contribution is 2.36. The molecule has 0 bridgehead atoms. The second kappa shape index (κ2) is 7.81. The van der Waals surface area contributed by atoms with Crippen LogP contribution in [-0.2, 0) is 25.3 Å². The zero-order valence-electron chi connectivity index (χ0n) is 15.4. The lowest BCUT2D eigenvalue weighted by molar-refractivity contribution is -0.142. The van der Waals surface area contributed by atoms with E-state index in [1.165, 1.54) is 4.31 Å². The van der Waals surface area contributed by atoms with Crippen molar-refractivity contribution in [3.8, 4) is 5.75 Å². The Morgan fingerprint density at radius 3 is 2.43 bits per heavy atom. The quantitative estimate of drug-likeness (QED) is 0.777. The molecule has 1 saturated heterocycles. The molecule has 0 radical (unpaired) electrons. The molecule has 0 N–H and O–H groups in total. The van der Waals surface area contributed by atoms with Crippen molar-refractivity contribution >= 4 is 21.6 Å². The van der Waals surface area contributed by atoms with E-state index < -0.39 is 16.1 Å². The predicted octanol–water partition coefficient (Wildman–Crippen LogP) is 1.64. The minimum absolute atomic E-state index is 0.0393. The van der Waals surface area contributed by atoms with E-state index in [4.69, 9.17) is 9.47 Å². The Morgan fingerprint density at radius 1 is 1.00 bits per heavy atom. The number of amides is 1. The Hall–Kier alpha value is -2.58. The number of nitrogens with zero attached hydrogens (tertiary/aromatic N) is 2. The van der Waals surface area contributed by atoms with E-state index in [9.17, 15) is 13.2 Å². The van der Waals surface area contributed by atoms with Gasteiger partial charge in [0.05, 0.1) is 31.2 Å². The molecule has 1 amide bonds. The van der Waals surface area contributed by atoms with Crippen LogP contribution in [0.5, 0.6) is 5.75 Å². The van der Waals surface area contributed by atoms with Gasteiger partial charge in [0, 0.05) is 13.1 Å². The molecule has 0 spiro atoms. The normalized spacial score (nSPS) is 19.6. The third-order valence-electron chi connectivity index (χ3n) is 4.86. The van der Waals surface area contributed by atoms with Gasteiger partial charge in [-0.1, -0.05) is 42.5 Å². The SMILES string of the molecule is O=C([C@H]1CN(S(=O)(=O)Cc2ccccc2)c2ccccc2O1)N1CCOCC1. The number of anilines is 1. The minimum atomic E-state index is -3.69. The van der Waals surface area contributed by atoms with Crippen LogP contribution in [0.1, 0.15) is 5.56 Å². The average Bonchev–Trinajstić information content (AvgIpc) is 2.73. The van der Waals surface area contributed by atoms with E-state index in [-0.39, 0.29) is 18.2 Å². The number of benzene rings is 2. The maximum atomic E-state index is 13.2. The molecule has 0 aromatic heterocycles. The standard InChI is InChI=1S/C20H22N2O5S/c23-20(21-10-12-26-13-11-21)19-14-22(17-8-4-5-9-18(17)27-19)28(24,25)15-16-6-2-1-3-7-16/h1-9,19H,10-15H2/t19-/m1/s1. The van der Waals surface area contributed by atoms with Crippen molar-refractivity contribution in [1.82, 2.24) is 4.90 Å². The van der Waals surface area contributed by atoms with Crippen molar-refractivity contribution in [3.63, 3.8) is 0 Å².